The molecule has 0 saturated carbocycles. The van der Waals surface area contributed by atoms with Crippen molar-refractivity contribution < 1.29 is 14.0 Å². The van der Waals surface area contributed by atoms with Crippen LogP contribution in [0.5, 0.6) is 0 Å². The molecule has 170 valence electrons. The highest BCUT2D eigenvalue weighted by molar-refractivity contribution is 5.92. The molecule has 0 radical (unpaired) electrons. The minimum atomic E-state index is -0.894. The normalized spacial score (nSPS) is 13.8. The van der Waals surface area contributed by atoms with E-state index in [1.54, 1.807) is 41.3 Å². The van der Waals surface area contributed by atoms with Crippen molar-refractivity contribution in [3.63, 3.8) is 0 Å². The van der Waals surface area contributed by atoms with Crippen molar-refractivity contribution in [2.24, 2.45) is 0 Å². The maximum absolute atomic E-state index is 14.3. The van der Waals surface area contributed by atoms with Gasteiger partial charge in [-0.2, -0.15) is 9.78 Å². The van der Waals surface area contributed by atoms with Crippen LogP contribution in [0.3, 0.4) is 0 Å². The molecule has 33 heavy (non-hydrogen) atoms. The fourth-order valence-corrected chi connectivity index (χ4v) is 3.70. The third kappa shape index (κ3) is 4.45. The van der Waals surface area contributed by atoms with Crippen LogP contribution >= 0.6 is 0 Å². The first kappa shape index (κ1) is 22.1. The van der Waals surface area contributed by atoms with E-state index in [2.05, 4.69) is 5.10 Å². The SMILES string of the molecule is CC(=O)N1CCN(C(=O)c2nn(-c3ccccc3)c(=O)n(Cc3ccccc3F)c2=O)CC1. The number of piperazine rings is 1. The maximum atomic E-state index is 14.3. The van der Waals surface area contributed by atoms with Gasteiger partial charge in [-0.1, -0.05) is 36.4 Å². The number of benzene rings is 2. The first-order chi connectivity index (χ1) is 15.9. The monoisotopic (exact) mass is 451 g/mol. The number of hydrogen-bond donors (Lipinski definition) is 0. The molecule has 2 amide bonds. The second kappa shape index (κ2) is 9.19. The van der Waals surface area contributed by atoms with Crippen LogP contribution in [0.2, 0.25) is 0 Å². The molecule has 0 atom stereocenters. The van der Waals surface area contributed by atoms with Crippen LogP contribution in [0.1, 0.15) is 23.0 Å². The van der Waals surface area contributed by atoms with Crippen LogP contribution in [0.15, 0.2) is 64.2 Å². The van der Waals surface area contributed by atoms with Gasteiger partial charge in [-0.15, -0.1) is 0 Å². The Labute approximate surface area is 188 Å². The Morgan fingerprint density at radius 2 is 1.52 bits per heavy atom. The lowest BCUT2D eigenvalue weighted by atomic mass is 10.2. The van der Waals surface area contributed by atoms with Crippen molar-refractivity contribution in [3.8, 4) is 5.69 Å². The van der Waals surface area contributed by atoms with E-state index in [4.69, 9.17) is 0 Å². The summed E-state index contributed by atoms with van der Waals surface area (Å²) in [7, 11) is 0. The minimum Gasteiger partial charge on any atom is -0.339 e. The Bertz CT molecular complexity index is 1310. The first-order valence-corrected chi connectivity index (χ1v) is 10.4. The second-order valence-corrected chi connectivity index (χ2v) is 7.66. The number of amides is 2. The average molecular weight is 451 g/mol. The molecular formula is C23H22FN5O4. The predicted octanol–water partition coefficient (Wildman–Crippen LogP) is 0.886. The van der Waals surface area contributed by atoms with Crippen molar-refractivity contribution in [2.45, 2.75) is 13.5 Å². The minimum absolute atomic E-state index is 0.0925. The van der Waals surface area contributed by atoms with Gasteiger partial charge >= 0.3 is 5.69 Å². The van der Waals surface area contributed by atoms with Crippen molar-refractivity contribution >= 4 is 11.8 Å². The summed E-state index contributed by atoms with van der Waals surface area (Å²) in [6.07, 6.45) is 0. The number of carbonyl (C=O) groups is 2. The largest absolute Gasteiger partial charge is 0.352 e. The number of carbonyl (C=O) groups excluding carboxylic acids is 2. The summed E-state index contributed by atoms with van der Waals surface area (Å²) >= 11 is 0. The lowest BCUT2D eigenvalue weighted by molar-refractivity contribution is -0.130. The van der Waals surface area contributed by atoms with Gasteiger partial charge in [0.2, 0.25) is 11.6 Å². The summed E-state index contributed by atoms with van der Waals surface area (Å²) < 4.78 is 16.1. The maximum Gasteiger partial charge on any atom is 0.352 e. The quantitative estimate of drug-likeness (QED) is 0.587. The van der Waals surface area contributed by atoms with Crippen LogP contribution in [-0.4, -0.2) is 62.1 Å². The molecule has 1 aliphatic heterocycles. The van der Waals surface area contributed by atoms with Gasteiger partial charge in [-0.3, -0.25) is 19.0 Å². The van der Waals surface area contributed by atoms with Gasteiger partial charge in [0.1, 0.15) is 5.82 Å². The molecule has 4 rings (SSSR count). The smallest absolute Gasteiger partial charge is 0.339 e. The van der Waals surface area contributed by atoms with Crippen LogP contribution in [-0.2, 0) is 11.3 Å². The number of hydrogen-bond acceptors (Lipinski definition) is 5. The van der Waals surface area contributed by atoms with Gasteiger partial charge in [0.05, 0.1) is 12.2 Å². The number of rotatable bonds is 4. The third-order valence-corrected chi connectivity index (χ3v) is 5.56. The number of aromatic nitrogens is 3. The summed E-state index contributed by atoms with van der Waals surface area (Å²) in [6.45, 7) is 2.24. The van der Waals surface area contributed by atoms with Crippen molar-refractivity contribution in [1.82, 2.24) is 24.1 Å². The van der Waals surface area contributed by atoms with Crippen molar-refractivity contribution in [3.05, 3.63) is 92.5 Å². The van der Waals surface area contributed by atoms with Gasteiger partial charge in [-0.05, 0) is 18.2 Å². The Balaban J connectivity index is 1.79. The van der Waals surface area contributed by atoms with Gasteiger partial charge in [0, 0.05) is 38.7 Å². The molecule has 3 aromatic rings. The van der Waals surface area contributed by atoms with Gasteiger partial charge in [-0.25, -0.2) is 9.18 Å². The molecule has 0 N–H and O–H groups in total. The van der Waals surface area contributed by atoms with Gasteiger partial charge in [0.15, 0.2) is 0 Å². The predicted molar refractivity (Wildman–Crippen MR) is 118 cm³/mol. The Morgan fingerprint density at radius 1 is 0.909 bits per heavy atom. The van der Waals surface area contributed by atoms with E-state index in [-0.39, 0.29) is 31.1 Å². The molecule has 0 aliphatic carbocycles. The molecule has 2 aromatic carbocycles. The molecule has 10 heteroatoms. The summed E-state index contributed by atoms with van der Waals surface area (Å²) in [5.41, 5.74) is -1.62. The molecule has 0 spiro atoms. The van der Waals surface area contributed by atoms with Crippen LogP contribution in [0, 0.1) is 5.82 Å². The summed E-state index contributed by atoms with van der Waals surface area (Å²) in [4.78, 5) is 54.2. The van der Waals surface area contributed by atoms with E-state index in [1.165, 1.54) is 30.0 Å². The van der Waals surface area contributed by atoms with Crippen LogP contribution < -0.4 is 11.2 Å². The zero-order chi connectivity index (χ0) is 23.5. The van der Waals surface area contributed by atoms with E-state index in [0.717, 1.165) is 9.25 Å². The standard InChI is InChI=1S/C23H22FN5O4/c1-16(30)26-11-13-27(14-12-26)21(31)20-22(32)28(15-17-7-5-6-10-19(17)24)23(33)29(25-20)18-8-3-2-4-9-18/h2-10H,11-15H2,1H3. The third-order valence-electron chi connectivity index (χ3n) is 5.56. The van der Waals surface area contributed by atoms with E-state index in [9.17, 15) is 23.6 Å². The van der Waals surface area contributed by atoms with Crippen LogP contribution in [0.25, 0.3) is 5.69 Å². The Hall–Kier alpha value is -4.08. The average Bonchev–Trinajstić information content (AvgIpc) is 2.83. The summed E-state index contributed by atoms with van der Waals surface area (Å²) in [5.74, 6) is -1.31. The molecule has 1 saturated heterocycles. The van der Waals surface area contributed by atoms with Crippen LogP contribution in [0.4, 0.5) is 4.39 Å². The number of halogens is 1. The molecule has 0 unspecified atom stereocenters. The van der Waals surface area contributed by atoms with E-state index in [1.807, 2.05) is 0 Å². The molecule has 1 aromatic heterocycles. The van der Waals surface area contributed by atoms with E-state index < -0.39 is 28.7 Å². The molecule has 1 fully saturated rings. The highest BCUT2D eigenvalue weighted by Gasteiger charge is 2.28. The van der Waals surface area contributed by atoms with E-state index in [0.29, 0.717) is 18.8 Å². The summed E-state index contributed by atoms with van der Waals surface area (Å²) in [6, 6.07) is 14.2. The zero-order valence-corrected chi connectivity index (χ0v) is 18.0. The molecule has 1 aliphatic rings. The fourth-order valence-electron chi connectivity index (χ4n) is 3.70. The molecule has 2 heterocycles. The molecule has 0 bridgehead atoms. The van der Waals surface area contributed by atoms with Crippen molar-refractivity contribution in [1.29, 1.82) is 0 Å². The molecular weight excluding hydrogens is 429 g/mol. The highest BCUT2D eigenvalue weighted by Crippen LogP contribution is 2.09. The Morgan fingerprint density at radius 3 is 2.15 bits per heavy atom. The Kier molecular flexibility index (Phi) is 6.16. The summed E-state index contributed by atoms with van der Waals surface area (Å²) in [5, 5.41) is 4.10. The van der Waals surface area contributed by atoms with Gasteiger partial charge < -0.3 is 9.80 Å². The number of para-hydroxylation sites is 1. The number of nitrogens with zero attached hydrogens (tertiary/aromatic N) is 5. The van der Waals surface area contributed by atoms with Gasteiger partial charge in [0.25, 0.3) is 11.5 Å². The highest BCUT2D eigenvalue weighted by atomic mass is 19.1. The lowest BCUT2D eigenvalue weighted by Gasteiger charge is -2.33. The lowest BCUT2D eigenvalue weighted by Crippen LogP contribution is -2.52. The molecule has 9 nitrogen and oxygen atoms in total. The topological polar surface area (TPSA) is 97.5 Å². The first-order valence-electron chi connectivity index (χ1n) is 10.4. The van der Waals surface area contributed by atoms with Crippen molar-refractivity contribution in [2.75, 3.05) is 26.2 Å². The van der Waals surface area contributed by atoms with E-state index >= 15 is 0 Å². The fraction of sp³-hybridized carbons (Fsp3) is 0.261. The second-order valence-electron chi connectivity index (χ2n) is 7.66. The zero-order valence-electron chi connectivity index (χ0n) is 18.0.